The molecule has 0 heterocycles. The van der Waals surface area contributed by atoms with E-state index in [0.717, 1.165) is 0 Å². The molecule has 0 amide bonds. The molecule has 0 bridgehead atoms. The van der Waals surface area contributed by atoms with E-state index in [0.29, 0.717) is 11.5 Å². The molecule has 0 aliphatic heterocycles. The first-order chi connectivity index (χ1) is 16.2. The van der Waals surface area contributed by atoms with Gasteiger partial charge in [-0.3, -0.25) is 0 Å². The van der Waals surface area contributed by atoms with Crippen LogP contribution in [0.1, 0.15) is 26.7 Å². The van der Waals surface area contributed by atoms with E-state index < -0.39 is 16.1 Å². The Hall–Kier alpha value is -2.30. The summed E-state index contributed by atoms with van der Waals surface area (Å²) in [6.45, 7) is 4.97. The van der Waals surface area contributed by atoms with Gasteiger partial charge in [-0.25, -0.2) is 4.44 Å². The predicted molar refractivity (Wildman–Crippen MR) is 147 cm³/mol. The van der Waals surface area contributed by atoms with Crippen LogP contribution in [0.5, 0.6) is 0 Å². The second-order valence-corrected chi connectivity index (χ2v) is 13.6. The Morgan fingerprint density at radius 2 is 0.818 bits per heavy atom. The standard InChI is InChI=1S/C30H31NP2/c1-25(30(2)23-24-30)31(32(26-15-7-3-8-16-26)27-17-9-4-10-18-27)33(28-19-11-5-12-20-28)29-21-13-6-14-22-29/h3-22,25H,23-24H2,1-2H3. The molecule has 0 saturated heterocycles. The molecule has 5 rings (SSSR count). The zero-order valence-corrected chi connectivity index (χ0v) is 21.2. The second kappa shape index (κ2) is 9.90. The number of nitrogens with zero attached hydrogens (tertiary/aromatic N) is 1. The fraction of sp³-hybridized carbons (Fsp3) is 0.200. The molecule has 4 aromatic carbocycles. The summed E-state index contributed by atoms with van der Waals surface area (Å²) in [5.41, 5.74) is 0.369. The van der Waals surface area contributed by atoms with E-state index in [2.05, 4.69) is 140 Å². The molecule has 1 saturated carbocycles. The van der Waals surface area contributed by atoms with Crippen molar-refractivity contribution in [1.82, 2.24) is 4.44 Å². The van der Waals surface area contributed by atoms with Gasteiger partial charge in [-0.2, -0.15) is 0 Å². The highest BCUT2D eigenvalue weighted by Gasteiger charge is 2.49. The van der Waals surface area contributed by atoms with E-state index in [1.165, 1.54) is 34.1 Å². The van der Waals surface area contributed by atoms with Gasteiger partial charge in [0.15, 0.2) is 0 Å². The summed E-state index contributed by atoms with van der Waals surface area (Å²) in [5.74, 6) is 0. The van der Waals surface area contributed by atoms with Crippen LogP contribution in [0.3, 0.4) is 0 Å². The summed E-state index contributed by atoms with van der Waals surface area (Å²) in [5, 5.41) is 5.70. The third-order valence-corrected chi connectivity index (χ3v) is 12.5. The van der Waals surface area contributed by atoms with Crippen LogP contribution in [0.15, 0.2) is 121 Å². The van der Waals surface area contributed by atoms with Gasteiger partial charge in [0, 0.05) is 22.2 Å². The molecule has 1 aliphatic carbocycles. The Balaban J connectivity index is 1.74. The lowest BCUT2D eigenvalue weighted by molar-refractivity contribution is 0.360. The van der Waals surface area contributed by atoms with Crippen molar-refractivity contribution < 1.29 is 0 Å². The molecule has 33 heavy (non-hydrogen) atoms. The Morgan fingerprint density at radius 3 is 1.06 bits per heavy atom. The van der Waals surface area contributed by atoms with E-state index in [9.17, 15) is 0 Å². The molecule has 166 valence electrons. The van der Waals surface area contributed by atoms with Crippen LogP contribution in [0.2, 0.25) is 0 Å². The molecule has 1 fully saturated rings. The molecule has 1 atom stereocenters. The van der Waals surface area contributed by atoms with Crippen molar-refractivity contribution in [3.63, 3.8) is 0 Å². The van der Waals surface area contributed by atoms with Gasteiger partial charge in [-0.15, -0.1) is 0 Å². The minimum atomic E-state index is -0.702. The smallest absolute Gasteiger partial charge is 0.0325 e. The Bertz CT molecular complexity index is 983. The van der Waals surface area contributed by atoms with Crippen LogP contribution in [0.4, 0.5) is 0 Å². The third-order valence-electron chi connectivity index (χ3n) is 6.81. The SMILES string of the molecule is CC(N(P(c1ccccc1)c1ccccc1)P(c1ccccc1)c1ccccc1)C1(C)CC1. The van der Waals surface area contributed by atoms with E-state index >= 15 is 0 Å². The van der Waals surface area contributed by atoms with Crippen molar-refractivity contribution in [3.8, 4) is 0 Å². The van der Waals surface area contributed by atoms with Crippen LogP contribution in [0, 0.1) is 5.41 Å². The Labute approximate surface area is 201 Å². The van der Waals surface area contributed by atoms with Gasteiger partial charge in [0.25, 0.3) is 0 Å². The maximum Gasteiger partial charge on any atom is 0.0325 e. The normalized spacial score (nSPS) is 15.7. The van der Waals surface area contributed by atoms with E-state index in [-0.39, 0.29) is 0 Å². The highest BCUT2D eigenvalue weighted by Crippen LogP contribution is 2.62. The van der Waals surface area contributed by atoms with Gasteiger partial charge in [0.2, 0.25) is 0 Å². The topological polar surface area (TPSA) is 3.24 Å². The number of benzene rings is 4. The quantitative estimate of drug-likeness (QED) is 0.265. The van der Waals surface area contributed by atoms with Crippen LogP contribution in [-0.2, 0) is 0 Å². The van der Waals surface area contributed by atoms with Crippen molar-refractivity contribution in [2.24, 2.45) is 5.41 Å². The maximum atomic E-state index is 2.92. The van der Waals surface area contributed by atoms with E-state index in [1.54, 1.807) is 0 Å². The number of rotatable bonds is 8. The van der Waals surface area contributed by atoms with Crippen molar-refractivity contribution in [1.29, 1.82) is 0 Å². The van der Waals surface area contributed by atoms with Crippen LogP contribution < -0.4 is 21.2 Å². The summed E-state index contributed by atoms with van der Waals surface area (Å²) >= 11 is 0. The molecular formula is C30H31NP2. The fourth-order valence-corrected chi connectivity index (χ4v) is 10.9. The highest BCUT2D eigenvalue weighted by atomic mass is 31.2. The molecule has 1 unspecified atom stereocenters. The molecule has 4 aromatic rings. The fourth-order valence-electron chi connectivity index (χ4n) is 4.38. The first kappa shape index (κ1) is 22.5. The summed E-state index contributed by atoms with van der Waals surface area (Å²) in [6.07, 6.45) is 2.62. The molecular weight excluding hydrogens is 436 g/mol. The predicted octanol–water partition coefficient (Wildman–Crippen LogP) is 6.57. The monoisotopic (exact) mass is 467 g/mol. The molecule has 0 N–H and O–H groups in total. The van der Waals surface area contributed by atoms with Crippen LogP contribution in [-0.4, -0.2) is 10.5 Å². The Kier molecular flexibility index (Phi) is 6.75. The first-order valence-corrected chi connectivity index (χ1v) is 14.4. The van der Waals surface area contributed by atoms with Crippen molar-refractivity contribution in [3.05, 3.63) is 121 Å². The largest absolute Gasteiger partial charge is 0.241 e. The van der Waals surface area contributed by atoms with Gasteiger partial charge in [-0.1, -0.05) is 128 Å². The minimum Gasteiger partial charge on any atom is -0.241 e. The molecule has 0 radical (unpaired) electrons. The zero-order chi connectivity index (χ0) is 22.7. The summed E-state index contributed by atoms with van der Waals surface area (Å²) in [4.78, 5) is 0. The maximum absolute atomic E-state index is 2.92. The van der Waals surface area contributed by atoms with Crippen molar-refractivity contribution >= 4 is 37.4 Å². The van der Waals surface area contributed by atoms with Crippen molar-refractivity contribution in [2.45, 2.75) is 32.7 Å². The second-order valence-electron chi connectivity index (χ2n) is 9.12. The summed E-state index contributed by atoms with van der Waals surface area (Å²) in [7, 11) is -1.40. The van der Waals surface area contributed by atoms with Crippen LogP contribution >= 0.6 is 16.1 Å². The highest BCUT2D eigenvalue weighted by molar-refractivity contribution is 7.84. The lowest BCUT2D eigenvalue weighted by atomic mass is 10.0. The van der Waals surface area contributed by atoms with Gasteiger partial charge >= 0.3 is 0 Å². The summed E-state index contributed by atoms with van der Waals surface area (Å²) in [6, 6.07) is 45.2. The minimum absolute atomic E-state index is 0.369. The molecule has 0 spiro atoms. The molecule has 3 heteroatoms. The van der Waals surface area contributed by atoms with Crippen molar-refractivity contribution in [2.75, 3.05) is 0 Å². The molecule has 1 nitrogen and oxygen atoms in total. The third kappa shape index (κ3) is 4.83. The lowest BCUT2D eigenvalue weighted by Crippen LogP contribution is -2.40. The average molecular weight is 468 g/mol. The van der Waals surface area contributed by atoms with Gasteiger partial charge in [0.1, 0.15) is 0 Å². The van der Waals surface area contributed by atoms with Crippen LogP contribution in [0.25, 0.3) is 0 Å². The van der Waals surface area contributed by atoms with Gasteiger partial charge < -0.3 is 0 Å². The number of hydrogen-bond acceptors (Lipinski definition) is 1. The molecule has 1 aliphatic rings. The molecule has 0 aromatic heterocycles. The van der Waals surface area contributed by atoms with Gasteiger partial charge in [0.05, 0.1) is 0 Å². The number of hydrogen-bond donors (Lipinski definition) is 0. The van der Waals surface area contributed by atoms with E-state index in [1.807, 2.05) is 0 Å². The lowest BCUT2D eigenvalue weighted by Gasteiger charge is -2.45. The summed E-state index contributed by atoms with van der Waals surface area (Å²) < 4.78 is 2.92. The van der Waals surface area contributed by atoms with E-state index in [4.69, 9.17) is 0 Å². The average Bonchev–Trinajstić information content (AvgIpc) is 3.64. The zero-order valence-electron chi connectivity index (χ0n) is 19.4. The Morgan fingerprint density at radius 1 is 0.545 bits per heavy atom. The first-order valence-electron chi connectivity index (χ1n) is 11.8. The van der Waals surface area contributed by atoms with Gasteiger partial charge in [-0.05, 0) is 46.4 Å².